The minimum atomic E-state index is -3.74. The average Bonchev–Trinajstić information content (AvgIpc) is 3.20. The van der Waals surface area contributed by atoms with E-state index in [0.29, 0.717) is 17.6 Å². The Bertz CT molecular complexity index is 1040. The van der Waals surface area contributed by atoms with Crippen LogP contribution in [0.3, 0.4) is 0 Å². The molecule has 0 aromatic carbocycles. The molecule has 0 spiro atoms. The molecule has 0 radical (unpaired) electrons. The van der Waals surface area contributed by atoms with Gasteiger partial charge in [0.2, 0.25) is 10.0 Å². The van der Waals surface area contributed by atoms with Crippen LogP contribution in [0.1, 0.15) is 55.4 Å². The van der Waals surface area contributed by atoms with Crippen LogP contribution < -0.4 is 4.72 Å². The van der Waals surface area contributed by atoms with E-state index >= 15 is 0 Å². The second-order valence-corrected chi connectivity index (χ2v) is 8.72. The van der Waals surface area contributed by atoms with Gasteiger partial charge in [0.05, 0.1) is 6.54 Å². The van der Waals surface area contributed by atoms with Crippen LogP contribution in [0.15, 0.2) is 27.7 Å². The zero-order valence-electron chi connectivity index (χ0n) is 15.5. The first-order chi connectivity index (χ1) is 13.0. The fraction of sp³-hybridized carbons (Fsp3) is 0.500. The van der Waals surface area contributed by atoms with Gasteiger partial charge in [0, 0.05) is 12.2 Å². The summed E-state index contributed by atoms with van der Waals surface area (Å²) in [6.07, 6.45) is 7.45. The van der Waals surface area contributed by atoms with Gasteiger partial charge in [-0.25, -0.2) is 23.1 Å². The van der Waals surface area contributed by atoms with Gasteiger partial charge in [-0.1, -0.05) is 24.4 Å². The molecule has 0 amide bonds. The van der Waals surface area contributed by atoms with E-state index in [1.807, 2.05) is 12.1 Å². The molecule has 0 unspecified atom stereocenters. The highest BCUT2D eigenvalue weighted by atomic mass is 32.2. The summed E-state index contributed by atoms with van der Waals surface area (Å²) in [5.41, 5.74) is 1.95. The fourth-order valence-corrected chi connectivity index (χ4v) is 5.22. The molecule has 0 aliphatic heterocycles. The number of aromatic nitrogens is 4. The highest BCUT2D eigenvalue weighted by Crippen LogP contribution is 2.32. The average molecular weight is 389 g/mol. The van der Waals surface area contributed by atoms with Crippen molar-refractivity contribution in [3.8, 4) is 0 Å². The SMILES string of the molecule is Cc1noc(C)c1S(=O)(=O)NCc1nc2cccnc2n1C1CCCCC1. The lowest BCUT2D eigenvalue weighted by Crippen LogP contribution is -2.27. The van der Waals surface area contributed by atoms with Crippen molar-refractivity contribution in [3.05, 3.63) is 35.6 Å². The lowest BCUT2D eigenvalue weighted by molar-refractivity contribution is 0.350. The van der Waals surface area contributed by atoms with Crippen molar-refractivity contribution < 1.29 is 12.9 Å². The molecule has 4 rings (SSSR count). The molecule has 1 saturated carbocycles. The standard InChI is InChI=1S/C18H23N5O3S/c1-12-17(13(2)26-22-12)27(24,25)20-11-16-21-15-9-6-10-19-18(15)23(16)14-7-4-3-5-8-14/h6,9-10,14,20H,3-5,7-8,11H2,1-2H3. The summed E-state index contributed by atoms with van der Waals surface area (Å²) in [6, 6.07) is 4.06. The van der Waals surface area contributed by atoms with Gasteiger partial charge in [0.25, 0.3) is 0 Å². The third-order valence-electron chi connectivity index (χ3n) is 5.12. The van der Waals surface area contributed by atoms with E-state index in [-0.39, 0.29) is 17.2 Å². The second-order valence-electron chi connectivity index (χ2n) is 7.01. The predicted molar refractivity (Wildman–Crippen MR) is 99.7 cm³/mol. The first-order valence-corrected chi connectivity index (χ1v) is 10.7. The highest BCUT2D eigenvalue weighted by Gasteiger charge is 2.26. The number of hydrogen-bond acceptors (Lipinski definition) is 6. The fourth-order valence-electron chi connectivity index (χ4n) is 3.91. The van der Waals surface area contributed by atoms with E-state index < -0.39 is 10.0 Å². The van der Waals surface area contributed by atoms with Crippen LogP contribution in [-0.4, -0.2) is 28.1 Å². The quantitative estimate of drug-likeness (QED) is 0.719. The molecule has 144 valence electrons. The molecule has 1 aliphatic rings. The number of sulfonamides is 1. The topological polar surface area (TPSA) is 103 Å². The lowest BCUT2D eigenvalue weighted by atomic mass is 9.95. The Morgan fingerprint density at radius 3 is 2.74 bits per heavy atom. The van der Waals surface area contributed by atoms with E-state index in [1.54, 1.807) is 20.0 Å². The molecule has 3 aromatic rings. The molecule has 1 fully saturated rings. The number of nitrogens with zero attached hydrogens (tertiary/aromatic N) is 4. The molecular weight excluding hydrogens is 366 g/mol. The summed E-state index contributed by atoms with van der Waals surface area (Å²) < 4.78 is 35.3. The van der Waals surface area contributed by atoms with Crippen molar-refractivity contribution in [2.75, 3.05) is 0 Å². The summed E-state index contributed by atoms with van der Waals surface area (Å²) in [7, 11) is -3.74. The van der Waals surface area contributed by atoms with Gasteiger partial charge in [0.1, 0.15) is 21.9 Å². The largest absolute Gasteiger partial charge is 0.360 e. The van der Waals surface area contributed by atoms with Crippen LogP contribution in [0.4, 0.5) is 0 Å². The van der Waals surface area contributed by atoms with Crippen LogP contribution in [0.25, 0.3) is 11.2 Å². The van der Waals surface area contributed by atoms with E-state index in [2.05, 4.69) is 24.4 Å². The molecule has 0 atom stereocenters. The van der Waals surface area contributed by atoms with E-state index in [4.69, 9.17) is 4.52 Å². The Kier molecular flexibility index (Phi) is 4.73. The number of nitrogens with one attached hydrogen (secondary N) is 1. The Morgan fingerprint density at radius 1 is 1.26 bits per heavy atom. The Hall–Kier alpha value is -2.26. The van der Waals surface area contributed by atoms with Gasteiger partial charge in [-0.2, -0.15) is 0 Å². The van der Waals surface area contributed by atoms with Crippen LogP contribution in [-0.2, 0) is 16.6 Å². The third-order valence-corrected chi connectivity index (χ3v) is 6.76. The van der Waals surface area contributed by atoms with Crippen LogP contribution in [0, 0.1) is 13.8 Å². The van der Waals surface area contributed by atoms with Crippen LogP contribution >= 0.6 is 0 Å². The van der Waals surface area contributed by atoms with Crippen molar-refractivity contribution in [3.63, 3.8) is 0 Å². The van der Waals surface area contributed by atoms with Crippen molar-refractivity contribution >= 4 is 21.2 Å². The normalized spacial score (nSPS) is 16.2. The maximum atomic E-state index is 12.7. The second kappa shape index (κ2) is 7.05. The molecule has 3 aromatic heterocycles. The van der Waals surface area contributed by atoms with Crippen molar-refractivity contribution in [1.29, 1.82) is 0 Å². The molecule has 27 heavy (non-hydrogen) atoms. The van der Waals surface area contributed by atoms with Crippen LogP contribution in [0.5, 0.6) is 0 Å². The number of fused-ring (bicyclic) bond motifs is 1. The van der Waals surface area contributed by atoms with Gasteiger partial charge < -0.3 is 9.09 Å². The van der Waals surface area contributed by atoms with Crippen LogP contribution in [0.2, 0.25) is 0 Å². The maximum Gasteiger partial charge on any atom is 0.246 e. The van der Waals surface area contributed by atoms with Gasteiger partial charge in [0.15, 0.2) is 11.4 Å². The summed E-state index contributed by atoms with van der Waals surface area (Å²) in [5, 5.41) is 3.74. The molecule has 0 bridgehead atoms. The lowest BCUT2D eigenvalue weighted by Gasteiger charge is -2.25. The molecule has 8 nitrogen and oxygen atoms in total. The van der Waals surface area contributed by atoms with Crippen molar-refractivity contribution in [2.45, 2.75) is 63.4 Å². The summed E-state index contributed by atoms with van der Waals surface area (Å²) in [4.78, 5) is 9.25. The Labute approximate surface area is 158 Å². The Balaban J connectivity index is 1.68. The number of imidazole rings is 1. The molecule has 1 aliphatic carbocycles. The molecular formula is C18H23N5O3S. The number of aryl methyl sites for hydroxylation is 2. The van der Waals surface area contributed by atoms with Gasteiger partial charge in [-0.05, 0) is 38.8 Å². The van der Waals surface area contributed by atoms with E-state index in [9.17, 15) is 8.42 Å². The van der Waals surface area contributed by atoms with Gasteiger partial charge in [-0.15, -0.1) is 0 Å². The predicted octanol–water partition coefficient (Wildman–Crippen LogP) is 3.02. The molecule has 0 saturated heterocycles. The zero-order chi connectivity index (χ0) is 19.0. The molecule has 9 heteroatoms. The maximum absolute atomic E-state index is 12.7. The molecule has 1 N–H and O–H groups in total. The third kappa shape index (κ3) is 3.37. The summed E-state index contributed by atoms with van der Waals surface area (Å²) in [5.74, 6) is 0.966. The zero-order valence-corrected chi connectivity index (χ0v) is 16.3. The van der Waals surface area contributed by atoms with Gasteiger partial charge in [-0.3, -0.25) is 0 Å². The van der Waals surface area contributed by atoms with E-state index in [0.717, 1.165) is 24.0 Å². The first kappa shape index (κ1) is 18.1. The Morgan fingerprint density at radius 2 is 2.04 bits per heavy atom. The van der Waals surface area contributed by atoms with Crippen molar-refractivity contribution in [1.82, 2.24) is 24.4 Å². The highest BCUT2D eigenvalue weighted by molar-refractivity contribution is 7.89. The monoisotopic (exact) mass is 389 g/mol. The number of rotatable bonds is 5. The van der Waals surface area contributed by atoms with E-state index in [1.165, 1.54) is 19.3 Å². The van der Waals surface area contributed by atoms with Crippen molar-refractivity contribution in [2.24, 2.45) is 0 Å². The van der Waals surface area contributed by atoms with Gasteiger partial charge >= 0.3 is 0 Å². The first-order valence-electron chi connectivity index (χ1n) is 9.22. The number of hydrogen-bond donors (Lipinski definition) is 1. The minimum absolute atomic E-state index is 0.0965. The minimum Gasteiger partial charge on any atom is -0.360 e. The number of pyridine rings is 1. The summed E-state index contributed by atoms with van der Waals surface area (Å²) in [6.45, 7) is 3.31. The summed E-state index contributed by atoms with van der Waals surface area (Å²) >= 11 is 0. The smallest absolute Gasteiger partial charge is 0.246 e. The molecule has 3 heterocycles.